The maximum absolute atomic E-state index is 11.7. The molecule has 1 unspecified atom stereocenters. The van der Waals surface area contributed by atoms with Crippen molar-refractivity contribution in [3.05, 3.63) is 34.4 Å². The van der Waals surface area contributed by atoms with E-state index in [2.05, 4.69) is 0 Å². The molecule has 0 saturated carbocycles. The van der Waals surface area contributed by atoms with Crippen molar-refractivity contribution in [3.63, 3.8) is 0 Å². The summed E-state index contributed by atoms with van der Waals surface area (Å²) in [5.41, 5.74) is 2.81. The van der Waals surface area contributed by atoms with Crippen LogP contribution in [0.4, 0.5) is 0 Å². The number of hydrogen-bond acceptors (Lipinski definition) is 3. The van der Waals surface area contributed by atoms with Crippen molar-refractivity contribution < 1.29 is 27.5 Å². The van der Waals surface area contributed by atoms with Gasteiger partial charge in [-0.15, -0.1) is 0 Å². The van der Waals surface area contributed by atoms with E-state index in [0.29, 0.717) is 5.56 Å². The molecule has 1 atom stereocenters. The van der Waals surface area contributed by atoms with Crippen molar-refractivity contribution in [2.24, 2.45) is 0 Å². The summed E-state index contributed by atoms with van der Waals surface area (Å²) >= 11 is -4.80. The molecule has 0 N–H and O–H groups in total. The second-order valence-corrected chi connectivity index (χ2v) is 9.70. The number of benzene rings is 1. The molecule has 0 amide bonds. The summed E-state index contributed by atoms with van der Waals surface area (Å²) < 4.78 is 21.8. The fraction of sp³-hybridized carbons (Fsp3) is 0.300. The molecular weight excluding hydrogens is 247 g/mol. The molecular formula is C10H13O3PTi. The Morgan fingerprint density at radius 2 is 1.53 bits per heavy atom. The summed E-state index contributed by atoms with van der Waals surface area (Å²) in [7, 11) is 1.69. The van der Waals surface area contributed by atoms with Crippen LogP contribution in [0.25, 0.3) is 0 Å². The third-order valence-corrected chi connectivity index (χ3v) is 4.68. The summed E-state index contributed by atoms with van der Waals surface area (Å²) in [5, 5.41) is 0. The number of aryl methyl sites for hydroxylation is 3. The van der Waals surface area contributed by atoms with E-state index in [4.69, 9.17) is 0 Å². The Morgan fingerprint density at radius 3 is 1.87 bits per heavy atom. The van der Waals surface area contributed by atoms with Crippen LogP contribution in [0.5, 0.6) is 0 Å². The molecule has 0 heterocycles. The van der Waals surface area contributed by atoms with E-state index in [-0.39, 0.29) is 0 Å². The number of rotatable bonds is 2. The summed E-state index contributed by atoms with van der Waals surface area (Å²) in [6.07, 6.45) is 0. The van der Waals surface area contributed by atoms with Gasteiger partial charge in [-0.05, 0) is 0 Å². The van der Waals surface area contributed by atoms with Crippen molar-refractivity contribution in [1.29, 1.82) is 0 Å². The van der Waals surface area contributed by atoms with Gasteiger partial charge >= 0.3 is 93.9 Å². The predicted molar refractivity (Wildman–Crippen MR) is 56.1 cm³/mol. The van der Waals surface area contributed by atoms with E-state index < -0.39 is 20.1 Å². The molecule has 0 bridgehead atoms. The number of carbonyl (C=O) groups is 1. The van der Waals surface area contributed by atoms with Crippen LogP contribution in [0.2, 0.25) is 0 Å². The minimum atomic E-state index is -4.80. The molecule has 0 aromatic heterocycles. The Labute approximate surface area is 93.9 Å². The molecule has 5 heteroatoms. The number of hydrogen-bond donors (Lipinski definition) is 0. The molecule has 0 aliphatic rings. The van der Waals surface area contributed by atoms with Crippen LogP contribution in [0.3, 0.4) is 0 Å². The molecule has 80 valence electrons. The quantitative estimate of drug-likeness (QED) is 0.606. The van der Waals surface area contributed by atoms with E-state index in [9.17, 15) is 11.4 Å². The molecule has 3 nitrogen and oxygen atoms in total. The Kier molecular flexibility index (Phi) is 3.60. The van der Waals surface area contributed by atoms with Gasteiger partial charge in [-0.25, -0.2) is 0 Å². The zero-order chi connectivity index (χ0) is 11.8. The first kappa shape index (κ1) is 12.7. The fourth-order valence-electron chi connectivity index (χ4n) is 1.71. The summed E-state index contributed by atoms with van der Waals surface area (Å²) in [5.74, 6) is 0. The van der Waals surface area contributed by atoms with Crippen molar-refractivity contribution in [1.82, 2.24) is 0 Å². The van der Waals surface area contributed by atoms with Crippen molar-refractivity contribution in [3.8, 4) is 0 Å². The Morgan fingerprint density at radius 1 is 1.13 bits per heavy atom. The van der Waals surface area contributed by atoms with Gasteiger partial charge in [-0.1, -0.05) is 0 Å². The van der Waals surface area contributed by atoms with E-state index >= 15 is 0 Å². The first-order chi connectivity index (χ1) is 6.73. The van der Waals surface area contributed by atoms with Crippen molar-refractivity contribution in [2.45, 2.75) is 20.8 Å². The van der Waals surface area contributed by atoms with Crippen LogP contribution in [0.15, 0.2) is 12.1 Å². The molecule has 0 spiro atoms. The van der Waals surface area contributed by atoms with Gasteiger partial charge in [0.05, 0.1) is 0 Å². The van der Waals surface area contributed by atoms with Crippen LogP contribution in [-0.2, 0) is 22.7 Å². The van der Waals surface area contributed by atoms with Crippen LogP contribution in [-0.4, -0.2) is 4.09 Å². The first-order valence-electron chi connectivity index (χ1n) is 4.56. The molecule has 15 heavy (non-hydrogen) atoms. The molecule has 0 radical (unpaired) electrons. The monoisotopic (exact) mass is 260 g/mol. The van der Waals surface area contributed by atoms with Gasteiger partial charge in [0.2, 0.25) is 0 Å². The molecule has 1 rings (SSSR count). The minimum absolute atomic E-state index is 0.334. The second kappa shape index (κ2) is 4.25. The fourth-order valence-corrected chi connectivity index (χ4v) is 3.47. The first-order valence-corrected chi connectivity index (χ1v) is 9.89. The third-order valence-electron chi connectivity index (χ3n) is 2.22. The van der Waals surface area contributed by atoms with Crippen molar-refractivity contribution >= 4 is 11.3 Å². The number of carbonyl (C=O) groups excluding carboxylic acids is 1. The molecule has 0 fully saturated rings. The molecule has 0 aliphatic carbocycles. The SMILES string of the molecule is Cc1cc(C)c([C](=O)[Ti](=[O])(=[O])[PH2])c(C)c1. The Hall–Kier alpha value is -0.366. The van der Waals surface area contributed by atoms with Crippen LogP contribution in [0, 0.1) is 20.8 Å². The zero-order valence-corrected chi connectivity index (χ0v) is 11.7. The van der Waals surface area contributed by atoms with Gasteiger partial charge in [0, 0.05) is 0 Å². The molecule has 0 saturated heterocycles. The van der Waals surface area contributed by atoms with Crippen molar-refractivity contribution in [2.75, 3.05) is 0 Å². The molecule has 1 aromatic rings. The van der Waals surface area contributed by atoms with Crippen LogP contribution >= 0.6 is 7.23 Å². The van der Waals surface area contributed by atoms with Gasteiger partial charge in [0.25, 0.3) is 0 Å². The third kappa shape index (κ3) is 2.81. The normalized spacial score (nSPS) is 10.4. The average molecular weight is 260 g/mol. The zero-order valence-electron chi connectivity index (χ0n) is 8.96. The van der Waals surface area contributed by atoms with E-state index in [0.717, 1.165) is 16.7 Å². The van der Waals surface area contributed by atoms with Crippen LogP contribution < -0.4 is 0 Å². The van der Waals surface area contributed by atoms with Gasteiger partial charge < -0.3 is 0 Å². The summed E-state index contributed by atoms with van der Waals surface area (Å²) in [6.45, 7) is 5.43. The average Bonchev–Trinajstić information content (AvgIpc) is 1.99. The van der Waals surface area contributed by atoms with E-state index in [1.54, 1.807) is 21.1 Å². The standard InChI is InChI=1S/C10H11O.2O.H2P.Ti/c1-7-4-8(2)10(6-11)9(3)5-7;;;;/h4-5H,1-3H3;;;1H2;/q;;;-1;+1. The molecule has 0 aliphatic heterocycles. The maximum atomic E-state index is 11.7. The van der Waals surface area contributed by atoms with Gasteiger partial charge in [0.15, 0.2) is 0 Å². The van der Waals surface area contributed by atoms with Gasteiger partial charge in [0.1, 0.15) is 0 Å². The van der Waals surface area contributed by atoms with E-state index in [1.807, 2.05) is 19.1 Å². The molecule has 1 aromatic carbocycles. The predicted octanol–water partition coefficient (Wildman–Crippen LogP) is 2.39. The van der Waals surface area contributed by atoms with Gasteiger partial charge in [-0.2, -0.15) is 0 Å². The summed E-state index contributed by atoms with van der Waals surface area (Å²) in [6, 6.07) is 3.64. The van der Waals surface area contributed by atoms with Gasteiger partial charge in [-0.3, -0.25) is 0 Å². The Bertz CT molecular complexity index is 494. The Balaban J connectivity index is 3.46. The van der Waals surface area contributed by atoms with E-state index in [1.165, 1.54) is 0 Å². The topological polar surface area (TPSA) is 51.2 Å². The second-order valence-electron chi connectivity index (χ2n) is 3.77. The summed E-state index contributed by atoms with van der Waals surface area (Å²) in [4.78, 5) is 11.7. The van der Waals surface area contributed by atoms with Crippen LogP contribution in [0.1, 0.15) is 27.0 Å².